The molecule has 0 saturated heterocycles. The molecule has 0 radical (unpaired) electrons. The number of rotatable bonds is 16. The molecule has 0 aliphatic heterocycles. The number of ether oxygens (including phenoxy) is 4. The SMILES string of the molecule is CCC(C)(C)C(=O)Oc1c2ccccc2c(C(C)(C)O)c2ccccc12.CCC(C)(C)C(=O)Oc1c2ccccc2cc2c(C(C)(C)O)cccc12.CCC(C)(C)C(=O)Oc1ccc(C(C)(C)O)c2ccccc12.CCC(C)(C)C(=O)Oc1cccc2c(C(C)(C)O)cccc12. The Labute approximate surface area is 567 Å². The van der Waals surface area contributed by atoms with Crippen LogP contribution < -0.4 is 18.9 Å². The second-order valence-corrected chi connectivity index (χ2v) is 29.7. The second kappa shape index (κ2) is 29.1. The van der Waals surface area contributed by atoms with E-state index in [0.717, 1.165) is 86.9 Å². The van der Waals surface area contributed by atoms with Crippen LogP contribution in [0.5, 0.6) is 23.0 Å². The minimum atomic E-state index is -1.02. The molecule has 0 aromatic heterocycles. The molecule has 0 heterocycles. The van der Waals surface area contributed by atoms with Crippen molar-refractivity contribution < 1.29 is 58.6 Å². The summed E-state index contributed by atoms with van der Waals surface area (Å²) < 4.78 is 23.1. The van der Waals surface area contributed by atoms with Gasteiger partial charge in [-0.15, -0.1) is 0 Å². The topological polar surface area (TPSA) is 186 Å². The first-order valence-corrected chi connectivity index (χ1v) is 33.4. The van der Waals surface area contributed by atoms with E-state index in [0.29, 0.717) is 48.7 Å². The molecule has 4 N–H and O–H groups in total. The van der Waals surface area contributed by atoms with E-state index in [1.54, 1.807) is 67.5 Å². The van der Waals surface area contributed by atoms with Crippen LogP contribution in [-0.2, 0) is 41.6 Å². The Hall–Kier alpha value is -8.52. The molecule has 0 aliphatic rings. The van der Waals surface area contributed by atoms with Crippen molar-refractivity contribution in [2.45, 2.75) is 187 Å². The molecule has 10 aromatic carbocycles. The standard InChI is InChI=1S/2C23H26O3.2C19H24O3/c1-6-22(2,3)21(24)26-20-17-13-9-7-11-15(17)19(23(4,5)25)16-12-8-10-14-18(16)20;1-6-22(2,3)21(24)26-20-16-11-8-7-10-15(16)14-18-17(20)12-9-13-19(18)23(4,5)25;1-6-18(2,3)17(20)22-16-12-8-9-13-14(16)10-7-11-15(13)19(4,5)21;1-6-18(2,3)17(20)22-16-12-11-15(19(4,5)21)13-9-7-8-10-14(13)16/h2*7-14,25H,6H2,1-5H3;2*7-12,21H,6H2,1-5H3. The largest absolute Gasteiger partial charge is 0.425 e. The highest BCUT2D eigenvalue weighted by Crippen LogP contribution is 2.45. The zero-order valence-electron chi connectivity index (χ0n) is 60.0. The summed E-state index contributed by atoms with van der Waals surface area (Å²) in [5.41, 5.74) is -2.78. The number of carbonyl (C=O) groups is 4. The first-order chi connectivity index (χ1) is 44.6. The van der Waals surface area contributed by atoms with Crippen LogP contribution in [0.1, 0.15) is 186 Å². The van der Waals surface area contributed by atoms with Crippen LogP contribution in [0.3, 0.4) is 0 Å². The normalized spacial score (nSPS) is 12.5. The Balaban J connectivity index is 0.000000181. The minimum Gasteiger partial charge on any atom is -0.425 e. The molecule has 10 aromatic rings. The van der Waals surface area contributed by atoms with Crippen molar-refractivity contribution in [2.75, 3.05) is 0 Å². The van der Waals surface area contributed by atoms with E-state index in [1.165, 1.54) is 0 Å². The lowest BCUT2D eigenvalue weighted by Gasteiger charge is -2.26. The highest BCUT2D eigenvalue weighted by Gasteiger charge is 2.34. The van der Waals surface area contributed by atoms with Crippen molar-refractivity contribution in [1.82, 2.24) is 0 Å². The van der Waals surface area contributed by atoms with E-state index in [9.17, 15) is 39.6 Å². The lowest BCUT2D eigenvalue weighted by molar-refractivity contribution is -0.144. The summed E-state index contributed by atoms with van der Waals surface area (Å²) in [7, 11) is 0. The highest BCUT2D eigenvalue weighted by atomic mass is 16.5. The van der Waals surface area contributed by atoms with Gasteiger partial charge in [-0.1, -0.05) is 179 Å². The summed E-state index contributed by atoms with van der Waals surface area (Å²) in [6.07, 6.45) is 2.82. The summed E-state index contributed by atoms with van der Waals surface area (Å²) in [5, 5.41) is 52.6. The smallest absolute Gasteiger partial charge is 0.316 e. The van der Waals surface area contributed by atoms with Gasteiger partial charge in [0.25, 0.3) is 0 Å². The molecule has 12 heteroatoms. The molecule has 0 aliphatic carbocycles. The van der Waals surface area contributed by atoms with Crippen LogP contribution in [0.15, 0.2) is 170 Å². The van der Waals surface area contributed by atoms with E-state index in [4.69, 9.17) is 18.9 Å². The molecule has 0 bridgehead atoms. The average molecular weight is 1300 g/mol. The fraction of sp³-hybridized carbons (Fsp3) is 0.381. The number of hydrogen-bond donors (Lipinski definition) is 4. The predicted molar refractivity (Wildman–Crippen MR) is 391 cm³/mol. The van der Waals surface area contributed by atoms with Crippen LogP contribution in [-0.4, -0.2) is 44.3 Å². The van der Waals surface area contributed by atoms with E-state index >= 15 is 0 Å². The monoisotopic (exact) mass is 1300 g/mol. The Kier molecular flexibility index (Phi) is 22.7. The quantitative estimate of drug-likeness (QED) is 0.0408. The van der Waals surface area contributed by atoms with Gasteiger partial charge in [0, 0.05) is 32.3 Å². The molecule has 0 spiro atoms. The highest BCUT2D eigenvalue weighted by molar-refractivity contribution is 6.11. The molecule has 96 heavy (non-hydrogen) atoms. The van der Waals surface area contributed by atoms with Gasteiger partial charge < -0.3 is 39.4 Å². The summed E-state index contributed by atoms with van der Waals surface area (Å²) >= 11 is 0. The average Bonchev–Trinajstić information content (AvgIpc) is 0.762. The van der Waals surface area contributed by atoms with E-state index in [-0.39, 0.29) is 23.9 Å². The number of hydrogen-bond acceptors (Lipinski definition) is 12. The molecule has 0 atom stereocenters. The van der Waals surface area contributed by atoms with Crippen LogP contribution in [0.2, 0.25) is 0 Å². The first-order valence-electron chi connectivity index (χ1n) is 33.4. The summed E-state index contributed by atoms with van der Waals surface area (Å²) in [6.45, 7) is 37.1. The molecule has 10 rings (SSSR count). The molecule has 0 amide bonds. The number of carbonyl (C=O) groups excluding carboxylic acids is 4. The van der Waals surface area contributed by atoms with Gasteiger partial charge in [-0.25, -0.2) is 0 Å². The molecular weight excluding hydrogens is 1200 g/mol. The maximum absolute atomic E-state index is 12.8. The molecule has 508 valence electrons. The van der Waals surface area contributed by atoms with E-state index in [2.05, 4.69) is 6.07 Å². The van der Waals surface area contributed by atoms with Crippen molar-refractivity contribution in [3.8, 4) is 23.0 Å². The van der Waals surface area contributed by atoms with Crippen LogP contribution in [0, 0.1) is 21.7 Å². The maximum atomic E-state index is 12.8. The maximum Gasteiger partial charge on any atom is 0.316 e. The predicted octanol–water partition coefficient (Wildman–Crippen LogP) is 19.9. The lowest BCUT2D eigenvalue weighted by Crippen LogP contribution is -2.28. The van der Waals surface area contributed by atoms with Gasteiger partial charge >= 0.3 is 23.9 Å². The Morgan fingerprint density at radius 3 is 0.969 bits per heavy atom. The number of esters is 4. The van der Waals surface area contributed by atoms with Crippen molar-refractivity contribution in [1.29, 1.82) is 0 Å². The Morgan fingerprint density at radius 1 is 0.281 bits per heavy atom. The third kappa shape index (κ3) is 16.8. The van der Waals surface area contributed by atoms with Crippen molar-refractivity contribution in [3.05, 3.63) is 192 Å². The zero-order chi connectivity index (χ0) is 71.3. The number of benzene rings is 10. The fourth-order valence-corrected chi connectivity index (χ4v) is 10.9. The molecule has 12 nitrogen and oxygen atoms in total. The van der Waals surface area contributed by atoms with E-state index in [1.807, 2.05) is 235 Å². The van der Waals surface area contributed by atoms with Gasteiger partial charge in [-0.2, -0.15) is 0 Å². The van der Waals surface area contributed by atoms with Gasteiger partial charge in [0.2, 0.25) is 0 Å². The molecule has 0 saturated carbocycles. The number of fused-ring (bicyclic) bond motifs is 6. The summed E-state index contributed by atoms with van der Waals surface area (Å²) in [4.78, 5) is 50.2. The van der Waals surface area contributed by atoms with E-state index < -0.39 is 44.1 Å². The third-order valence-corrected chi connectivity index (χ3v) is 18.6. The van der Waals surface area contributed by atoms with Gasteiger partial charge in [0.05, 0.1) is 44.1 Å². The van der Waals surface area contributed by atoms with Gasteiger partial charge in [-0.05, 0) is 209 Å². The Bertz CT molecular complexity index is 4290. The summed E-state index contributed by atoms with van der Waals surface area (Å²) in [6, 6.07) is 53.7. The van der Waals surface area contributed by atoms with Gasteiger partial charge in [0.1, 0.15) is 23.0 Å². The zero-order valence-corrected chi connectivity index (χ0v) is 60.0. The lowest BCUT2D eigenvalue weighted by atomic mass is 9.86. The van der Waals surface area contributed by atoms with Gasteiger partial charge in [0.15, 0.2) is 0 Å². The van der Waals surface area contributed by atoms with Gasteiger partial charge in [-0.3, -0.25) is 19.2 Å². The van der Waals surface area contributed by atoms with Crippen LogP contribution in [0.4, 0.5) is 0 Å². The fourth-order valence-electron chi connectivity index (χ4n) is 10.9. The minimum absolute atomic E-state index is 0.240. The third-order valence-electron chi connectivity index (χ3n) is 18.6. The molecule has 0 fully saturated rings. The van der Waals surface area contributed by atoms with Crippen LogP contribution in [0.25, 0.3) is 64.6 Å². The second-order valence-electron chi connectivity index (χ2n) is 29.7. The Morgan fingerprint density at radius 2 is 0.562 bits per heavy atom. The molecular formula is C84H100O12. The summed E-state index contributed by atoms with van der Waals surface area (Å²) in [5.74, 6) is 1.24. The first kappa shape index (κ1) is 74.9. The van der Waals surface area contributed by atoms with Crippen LogP contribution >= 0.6 is 0 Å². The van der Waals surface area contributed by atoms with Crippen molar-refractivity contribution >= 4 is 88.5 Å². The number of aliphatic hydroxyl groups is 4. The molecule has 0 unspecified atom stereocenters. The van der Waals surface area contributed by atoms with Crippen molar-refractivity contribution in [3.63, 3.8) is 0 Å². The van der Waals surface area contributed by atoms with Crippen molar-refractivity contribution in [2.24, 2.45) is 21.7 Å².